The van der Waals surface area contributed by atoms with Gasteiger partial charge < -0.3 is 10.7 Å². The van der Waals surface area contributed by atoms with Gasteiger partial charge in [-0.3, -0.25) is 4.79 Å². The van der Waals surface area contributed by atoms with Gasteiger partial charge in [-0.1, -0.05) is 84.6 Å². The number of fused-ring (bicyclic) bond motifs is 1. The van der Waals surface area contributed by atoms with Crippen LogP contribution in [0.2, 0.25) is 0 Å². The van der Waals surface area contributed by atoms with Crippen molar-refractivity contribution in [2.75, 3.05) is 19.9 Å². The fraction of sp³-hybridized carbons (Fsp3) is 0.174. The van der Waals surface area contributed by atoms with Crippen LogP contribution in [-0.4, -0.2) is 39.8 Å². The molecule has 2 N–H and O–H groups in total. The highest BCUT2D eigenvalue weighted by molar-refractivity contribution is 8.00. The van der Waals surface area contributed by atoms with Gasteiger partial charge in [0.05, 0.1) is 0 Å². The summed E-state index contributed by atoms with van der Waals surface area (Å²) in [6.07, 6.45) is 0.559. The van der Waals surface area contributed by atoms with E-state index in [4.69, 9.17) is 5.84 Å². The Morgan fingerprint density at radius 1 is 1.00 bits per heavy atom. The third kappa shape index (κ3) is 4.02. The van der Waals surface area contributed by atoms with Crippen molar-refractivity contribution in [2.24, 2.45) is 0 Å². The van der Waals surface area contributed by atoms with Gasteiger partial charge in [-0.05, 0) is 21.9 Å². The molecule has 0 aliphatic heterocycles. The Kier molecular flexibility index (Phi) is 5.72. The van der Waals surface area contributed by atoms with E-state index >= 15 is 0 Å². The number of likely N-dealkylation sites (N-methyl/N-ethyl adjacent to an activating group) is 1. The highest BCUT2D eigenvalue weighted by Crippen LogP contribution is 2.35. The number of carbonyl (C=O) groups excluding carboxylic acids is 1. The predicted molar refractivity (Wildman–Crippen MR) is 121 cm³/mol. The Balaban J connectivity index is 1.63. The van der Waals surface area contributed by atoms with E-state index in [1.54, 1.807) is 19.0 Å². The molecule has 1 aromatic heterocycles. The van der Waals surface area contributed by atoms with Gasteiger partial charge in [0.25, 0.3) is 0 Å². The highest BCUT2D eigenvalue weighted by atomic mass is 32.2. The first-order valence-electron chi connectivity index (χ1n) is 9.63. The number of thioether (sulfide) groups is 1. The van der Waals surface area contributed by atoms with Gasteiger partial charge in [0, 0.05) is 20.5 Å². The molecule has 0 saturated heterocycles. The van der Waals surface area contributed by atoms with Gasteiger partial charge in [0.1, 0.15) is 5.25 Å². The molecule has 1 heterocycles. The Morgan fingerprint density at radius 3 is 2.47 bits per heavy atom. The Hall–Kier alpha value is -3.32. The maximum atomic E-state index is 12.8. The summed E-state index contributed by atoms with van der Waals surface area (Å²) in [5.74, 6) is 6.97. The molecule has 1 amide bonds. The molecule has 3 aromatic carbocycles. The molecule has 4 aromatic rings. The largest absolute Gasteiger partial charge is 0.348 e. The van der Waals surface area contributed by atoms with Gasteiger partial charge in [0.2, 0.25) is 11.1 Å². The van der Waals surface area contributed by atoms with Crippen molar-refractivity contribution in [1.82, 2.24) is 19.8 Å². The zero-order chi connectivity index (χ0) is 21.1. The summed E-state index contributed by atoms with van der Waals surface area (Å²) in [4.78, 5) is 14.4. The number of nitrogens with zero attached hydrogens (tertiary/aromatic N) is 4. The first-order chi connectivity index (χ1) is 14.5. The summed E-state index contributed by atoms with van der Waals surface area (Å²) in [7, 11) is 3.50. The zero-order valence-corrected chi connectivity index (χ0v) is 17.7. The standard InChI is InChI=1S/C23H23N5OS/c1-27(2)22(29)21(17-10-4-3-5-11-17)30-23-26-25-20(28(23)24)15-18-13-8-12-16-9-6-7-14-19(16)18/h3-14,21H,15,24H2,1-2H3/t21-/m1/s1. The third-order valence-electron chi connectivity index (χ3n) is 4.95. The number of carbonyl (C=O) groups is 1. The number of hydrogen-bond acceptors (Lipinski definition) is 5. The van der Waals surface area contributed by atoms with Gasteiger partial charge in [-0.15, -0.1) is 10.2 Å². The number of rotatable bonds is 6. The molecule has 4 rings (SSSR count). The molecule has 0 fully saturated rings. The number of nitrogens with two attached hydrogens (primary N) is 1. The summed E-state index contributed by atoms with van der Waals surface area (Å²) in [6.45, 7) is 0. The van der Waals surface area contributed by atoms with Crippen LogP contribution in [0.3, 0.4) is 0 Å². The van der Waals surface area contributed by atoms with E-state index < -0.39 is 5.25 Å². The molecule has 0 radical (unpaired) electrons. The van der Waals surface area contributed by atoms with Crippen molar-refractivity contribution < 1.29 is 4.79 Å². The molecule has 0 unspecified atom stereocenters. The van der Waals surface area contributed by atoms with Crippen LogP contribution in [0.4, 0.5) is 0 Å². The van der Waals surface area contributed by atoms with E-state index in [1.807, 2.05) is 48.5 Å². The maximum Gasteiger partial charge on any atom is 0.240 e. The Bertz CT molecular complexity index is 1170. The molecule has 1 atom stereocenters. The summed E-state index contributed by atoms with van der Waals surface area (Å²) in [6, 6.07) is 24.1. The van der Waals surface area contributed by atoms with E-state index in [0.29, 0.717) is 17.4 Å². The van der Waals surface area contributed by atoms with Crippen LogP contribution in [0.25, 0.3) is 10.8 Å². The fourth-order valence-electron chi connectivity index (χ4n) is 3.35. The highest BCUT2D eigenvalue weighted by Gasteiger charge is 2.26. The summed E-state index contributed by atoms with van der Waals surface area (Å²) in [5, 5.41) is 11.0. The van der Waals surface area contributed by atoms with E-state index in [2.05, 4.69) is 34.5 Å². The van der Waals surface area contributed by atoms with E-state index in [-0.39, 0.29) is 5.91 Å². The number of nitrogen functional groups attached to an aromatic ring is 1. The lowest BCUT2D eigenvalue weighted by atomic mass is 10.0. The minimum atomic E-state index is -0.446. The lowest BCUT2D eigenvalue weighted by Crippen LogP contribution is -2.27. The lowest BCUT2D eigenvalue weighted by molar-refractivity contribution is -0.128. The van der Waals surface area contributed by atoms with Gasteiger partial charge in [-0.25, -0.2) is 4.68 Å². The molecular weight excluding hydrogens is 394 g/mol. The average Bonchev–Trinajstić information content (AvgIpc) is 3.11. The van der Waals surface area contributed by atoms with E-state index in [1.165, 1.54) is 27.2 Å². The zero-order valence-electron chi connectivity index (χ0n) is 16.9. The summed E-state index contributed by atoms with van der Waals surface area (Å²) in [5.41, 5.74) is 2.03. The molecule has 152 valence electrons. The second kappa shape index (κ2) is 8.59. The topological polar surface area (TPSA) is 77.0 Å². The van der Waals surface area contributed by atoms with Crippen LogP contribution >= 0.6 is 11.8 Å². The van der Waals surface area contributed by atoms with Gasteiger partial charge in [-0.2, -0.15) is 0 Å². The maximum absolute atomic E-state index is 12.8. The van der Waals surface area contributed by atoms with Gasteiger partial charge in [0.15, 0.2) is 5.82 Å². The van der Waals surface area contributed by atoms with Crippen LogP contribution in [0, 0.1) is 0 Å². The first-order valence-corrected chi connectivity index (χ1v) is 10.5. The minimum absolute atomic E-state index is 0.0233. The number of benzene rings is 3. The van der Waals surface area contributed by atoms with Crippen molar-refractivity contribution in [1.29, 1.82) is 0 Å². The third-order valence-corrected chi connectivity index (χ3v) is 6.15. The summed E-state index contributed by atoms with van der Waals surface area (Å²) < 4.78 is 1.49. The molecule has 0 bridgehead atoms. The van der Waals surface area contributed by atoms with Crippen LogP contribution in [0.15, 0.2) is 78.0 Å². The van der Waals surface area contributed by atoms with E-state index in [0.717, 1.165) is 11.1 Å². The van der Waals surface area contributed by atoms with Crippen molar-refractivity contribution in [3.8, 4) is 0 Å². The second-order valence-electron chi connectivity index (χ2n) is 7.23. The second-order valence-corrected chi connectivity index (χ2v) is 8.30. The van der Waals surface area contributed by atoms with Crippen LogP contribution in [0.1, 0.15) is 22.2 Å². The van der Waals surface area contributed by atoms with Crippen molar-refractivity contribution >= 4 is 28.4 Å². The quantitative estimate of drug-likeness (QED) is 0.383. The van der Waals surface area contributed by atoms with E-state index in [9.17, 15) is 4.79 Å². The SMILES string of the molecule is CN(C)C(=O)[C@H](Sc1nnc(Cc2cccc3ccccc23)n1N)c1ccccc1. The molecule has 6 nitrogen and oxygen atoms in total. The first kappa shape index (κ1) is 20.0. The van der Waals surface area contributed by atoms with Crippen molar-refractivity contribution in [3.63, 3.8) is 0 Å². The number of hydrogen-bond donors (Lipinski definition) is 1. The fourth-order valence-corrected chi connectivity index (χ4v) is 4.48. The smallest absolute Gasteiger partial charge is 0.240 e. The van der Waals surface area contributed by atoms with Gasteiger partial charge >= 0.3 is 0 Å². The minimum Gasteiger partial charge on any atom is -0.348 e. The Labute approximate surface area is 179 Å². The molecule has 0 spiro atoms. The molecule has 0 aliphatic rings. The molecular formula is C23H23N5OS. The normalized spacial score (nSPS) is 12.1. The van der Waals surface area contributed by atoms with Crippen LogP contribution in [0.5, 0.6) is 0 Å². The number of aromatic nitrogens is 3. The molecule has 30 heavy (non-hydrogen) atoms. The van der Waals surface area contributed by atoms with Crippen molar-refractivity contribution in [3.05, 3.63) is 89.7 Å². The monoisotopic (exact) mass is 417 g/mol. The molecule has 7 heteroatoms. The summed E-state index contributed by atoms with van der Waals surface area (Å²) >= 11 is 1.31. The van der Waals surface area contributed by atoms with Crippen LogP contribution in [-0.2, 0) is 11.2 Å². The van der Waals surface area contributed by atoms with Crippen LogP contribution < -0.4 is 5.84 Å². The van der Waals surface area contributed by atoms with Crippen molar-refractivity contribution in [2.45, 2.75) is 16.8 Å². The predicted octanol–water partition coefficient (Wildman–Crippen LogP) is 3.66. The molecule has 0 aliphatic carbocycles. The average molecular weight is 418 g/mol. The lowest BCUT2D eigenvalue weighted by Gasteiger charge is -2.20. The Morgan fingerprint density at radius 2 is 1.70 bits per heavy atom. The number of amides is 1. The molecule has 0 saturated carbocycles.